The fourth-order valence-electron chi connectivity index (χ4n) is 1.97. The summed E-state index contributed by atoms with van der Waals surface area (Å²) in [6.07, 6.45) is 3.83. The van der Waals surface area contributed by atoms with Crippen LogP contribution in [-0.4, -0.2) is 9.97 Å². The molecule has 3 aromatic rings. The van der Waals surface area contributed by atoms with Gasteiger partial charge in [0.15, 0.2) is 0 Å². The van der Waals surface area contributed by atoms with E-state index in [1.807, 2.05) is 24.0 Å². The Labute approximate surface area is 110 Å². The number of fused-ring (bicyclic) bond motifs is 1. The lowest BCUT2D eigenvalue weighted by atomic mass is 10.1. The third-order valence-corrected chi connectivity index (χ3v) is 3.49. The van der Waals surface area contributed by atoms with Crippen LogP contribution >= 0.6 is 11.3 Å². The fraction of sp³-hybridized carbons (Fsp3) is 0.143. The molecule has 0 atom stereocenters. The lowest BCUT2D eigenvalue weighted by molar-refractivity contribution is 0.684. The second-order valence-electron chi connectivity index (χ2n) is 4.10. The minimum absolute atomic E-state index is 0.798. The van der Waals surface area contributed by atoms with Gasteiger partial charge in [0.2, 0.25) is 0 Å². The van der Waals surface area contributed by atoms with E-state index in [2.05, 4.69) is 38.9 Å². The topological polar surface area (TPSA) is 37.8 Å². The number of nitrogens with zero attached hydrogens (tertiary/aromatic N) is 2. The van der Waals surface area contributed by atoms with Gasteiger partial charge in [-0.25, -0.2) is 4.98 Å². The number of hydrogen-bond donors (Lipinski definition) is 1. The molecule has 1 aromatic carbocycles. The van der Waals surface area contributed by atoms with Gasteiger partial charge in [0.25, 0.3) is 0 Å². The van der Waals surface area contributed by atoms with Gasteiger partial charge in [0.05, 0.1) is 11.2 Å². The molecule has 0 aliphatic rings. The molecule has 2 aromatic heterocycles. The number of thiazole rings is 1. The van der Waals surface area contributed by atoms with Gasteiger partial charge in [0.1, 0.15) is 0 Å². The summed E-state index contributed by atoms with van der Waals surface area (Å²) in [5, 5.41) is 7.91. The van der Waals surface area contributed by atoms with E-state index in [-0.39, 0.29) is 0 Å². The molecule has 0 radical (unpaired) electrons. The smallest absolute Gasteiger partial charge is 0.0795 e. The van der Waals surface area contributed by atoms with Crippen molar-refractivity contribution in [1.29, 1.82) is 0 Å². The Hall–Kier alpha value is -1.78. The van der Waals surface area contributed by atoms with Crippen molar-refractivity contribution in [2.24, 2.45) is 0 Å². The molecular formula is C14H13N3S. The van der Waals surface area contributed by atoms with Crippen LogP contribution in [0.5, 0.6) is 0 Å². The third-order valence-electron chi connectivity index (χ3n) is 2.86. The van der Waals surface area contributed by atoms with Gasteiger partial charge in [-0.3, -0.25) is 4.98 Å². The highest BCUT2D eigenvalue weighted by Gasteiger charge is 2.01. The van der Waals surface area contributed by atoms with E-state index < -0.39 is 0 Å². The van der Waals surface area contributed by atoms with E-state index >= 15 is 0 Å². The van der Waals surface area contributed by atoms with Crippen LogP contribution in [0.15, 0.2) is 47.5 Å². The first-order valence-corrected chi connectivity index (χ1v) is 6.77. The van der Waals surface area contributed by atoms with Gasteiger partial charge in [-0.05, 0) is 10.9 Å². The van der Waals surface area contributed by atoms with Gasteiger partial charge in [-0.2, -0.15) is 0 Å². The zero-order valence-corrected chi connectivity index (χ0v) is 10.7. The second kappa shape index (κ2) is 5.25. The van der Waals surface area contributed by atoms with Crippen molar-refractivity contribution in [3.63, 3.8) is 0 Å². The van der Waals surface area contributed by atoms with Crippen LogP contribution in [0.25, 0.3) is 10.8 Å². The molecule has 4 heteroatoms. The monoisotopic (exact) mass is 255 g/mol. The second-order valence-corrected chi connectivity index (χ2v) is 4.82. The van der Waals surface area contributed by atoms with E-state index in [4.69, 9.17) is 0 Å². The summed E-state index contributed by atoms with van der Waals surface area (Å²) in [5.74, 6) is 0. The van der Waals surface area contributed by atoms with Crippen molar-refractivity contribution >= 4 is 22.1 Å². The molecule has 0 aliphatic heterocycles. The van der Waals surface area contributed by atoms with Crippen molar-refractivity contribution in [3.8, 4) is 0 Å². The van der Waals surface area contributed by atoms with Gasteiger partial charge >= 0.3 is 0 Å². The first-order chi connectivity index (χ1) is 8.93. The maximum absolute atomic E-state index is 4.27. The molecule has 0 spiro atoms. The predicted molar refractivity (Wildman–Crippen MR) is 74.4 cm³/mol. The number of nitrogens with one attached hydrogen (secondary N) is 1. The lowest BCUT2D eigenvalue weighted by Gasteiger charge is -2.06. The third kappa shape index (κ3) is 2.39. The average Bonchev–Trinajstić information content (AvgIpc) is 2.92. The van der Waals surface area contributed by atoms with E-state index in [0.717, 1.165) is 18.8 Å². The maximum atomic E-state index is 4.27. The van der Waals surface area contributed by atoms with Gasteiger partial charge in [0, 0.05) is 36.2 Å². The molecule has 0 fully saturated rings. The molecule has 0 bridgehead atoms. The van der Waals surface area contributed by atoms with Crippen LogP contribution in [-0.2, 0) is 13.1 Å². The Morgan fingerprint density at radius 3 is 2.94 bits per heavy atom. The molecular weight excluding hydrogens is 242 g/mol. The average molecular weight is 255 g/mol. The number of pyridine rings is 1. The number of rotatable bonds is 4. The fourth-order valence-corrected chi connectivity index (χ4v) is 2.53. The SMILES string of the molecule is c1ccc2c(CNCc3cscn3)cncc2c1. The molecule has 0 saturated heterocycles. The summed E-state index contributed by atoms with van der Waals surface area (Å²) < 4.78 is 0. The molecule has 90 valence electrons. The van der Waals surface area contributed by atoms with Gasteiger partial charge in [-0.15, -0.1) is 11.3 Å². The highest BCUT2D eigenvalue weighted by molar-refractivity contribution is 7.07. The highest BCUT2D eigenvalue weighted by Crippen LogP contribution is 2.16. The Morgan fingerprint density at radius 2 is 2.06 bits per heavy atom. The summed E-state index contributed by atoms with van der Waals surface area (Å²) in [5.41, 5.74) is 4.17. The quantitative estimate of drug-likeness (QED) is 0.779. The van der Waals surface area contributed by atoms with Crippen LogP contribution in [0.2, 0.25) is 0 Å². The molecule has 1 N–H and O–H groups in total. The van der Waals surface area contributed by atoms with E-state index in [0.29, 0.717) is 0 Å². The normalized spacial score (nSPS) is 10.9. The first-order valence-electron chi connectivity index (χ1n) is 5.83. The summed E-state index contributed by atoms with van der Waals surface area (Å²) in [4.78, 5) is 8.53. The molecule has 3 rings (SSSR count). The van der Waals surface area contributed by atoms with Gasteiger partial charge < -0.3 is 5.32 Å². The molecule has 2 heterocycles. The zero-order chi connectivity index (χ0) is 12.2. The first kappa shape index (κ1) is 11.3. The van der Waals surface area contributed by atoms with Crippen LogP contribution in [0.1, 0.15) is 11.3 Å². The standard InChI is InChI=1S/C14H13N3S/c1-2-4-14-11(3-1)5-15-6-12(14)7-16-8-13-9-18-10-17-13/h1-6,9-10,16H,7-8H2. The van der Waals surface area contributed by atoms with Crippen molar-refractivity contribution in [2.45, 2.75) is 13.1 Å². The lowest BCUT2D eigenvalue weighted by Crippen LogP contribution is -2.13. The predicted octanol–water partition coefficient (Wildman–Crippen LogP) is 2.98. The van der Waals surface area contributed by atoms with Crippen LogP contribution in [0.3, 0.4) is 0 Å². The number of aromatic nitrogens is 2. The van der Waals surface area contributed by atoms with Crippen molar-refractivity contribution in [2.75, 3.05) is 0 Å². The highest BCUT2D eigenvalue weighted by atomic mass is 32.1. The molecule has 0 saturated carbocycles. The molecule has 0 unspecified atom stereocenters. The van der Waals surface area contributed by atoms with Crippen molar-refractivity contribution in [3.05, 3.63) is 58.8 Å². The number of hydrogen-bond acceptors (Lipinski definition) is 4. The van der Waals surface area contributed by atoms with E-state index in [1.54, 1.807) is 11.3 Å². The zero-order valence-electron chi connectivity index (χ0n) is 9.84. The molecule has 0 amide bonds. The van der Waals surface area contributed by atoms with Gasteiger partial charge in [-0.1, -0.05) is 24.3 Å². The Bertz CT molecular complexity index is 629. The van der Waals surface area contributed by atoms with E-state index in [9.17, 15) is 0 Å². The molecule has 18 heavy (non-hydrogen) atoms. The summed E-state index contributed by atoms with van der Waals surface area (Å²) in [6.45, 7) is 1.61. The van der Waals surface area contributed by atoms with E-state index in [1.165, 1.54) is 16.3 Å². The van der Waals surface area contributed by atoms with Crippen molar-refractivity contribution in [1.82, 2.24) is 15.3 Å². The summed E-state index contributed by atoms with van der Waals surface area (Å²) in [6, 6.07) is 8.33. The largest absolute Gasteiger partial charge is 0.307 e. The van der Waals surface area contributed by atoms with Crippen LogP contribution in [0, 0.1) is 0 Å². The minimum Gasteiger partial charge on any atom is -0.307 e. The van der Waals surface area contributed by atoms with Crippen LogP contribution in [0.4, 0.5) is 0 Å². The molecule has 0 aliphatic carbocycles. The van der Waals surface area contributed by atoms with Crippen molar-refractivity contribution < 1.29 is 0 Å². The summed E-state index contributed by atoms with van der Waals surface area (Å²) >= 11 is 1.62. The molecule has 3 nitrogen and oxygen atoms in total. The Kier molecular flexibility index (Phi) is 3.30. The van der Waals surface area contributed by atoms with Crippen LogP contribution < -0.4 is 5.32 Å². The Morgan fingerprint density at radius 1 is 1.11 bits per heavy atom. The maximum Gasteiger partial charge on any atom is 0.0795 e. The summed E-state index contributed by atoms with van der Waals surface area (Å²) in [7, 11) is 0. The minimum atomic E-state index is 0.798. The number of benzene rings is 1. The Balaban J connectivity index is 1.74.